The minimum atomic E-state index is -3.77. The lowest BCUT2D eigenvalue weighted by Gasteiger charge is -2.21. The molecule has 1 rings (SSSR count). The Hall–Kier alpha value is -1.60. The van der Waals surface area contributed by atoms with Gasteiger partial charge in [-0.3, -0.25) is 4.79 Å². The lowest BCUT2D eigenvalue weighted by molar-refractivity contribution is -0.143. The van der Waals surface area contributed by atoms with Gasteiger partial charge in [0.1, 0.15) is 6.54 Å². The maximum Gasteiger partial charge on any atom is 0.321 e. The van der Waals surface area contributed by atoms with Crippen LogP contribution in [0.1, 0.15) is 25.8 Å². The summed E-state index contributed by atoms with van der Waals surface area (Å²) in [6.07, 6.45) is 0.597. The first kappa shape index (κ1) is 17.5. The summed E-state index contributed by atoms with van der Waals surface area (Å²) in [4.78, 5) is 11.7. The molecule has 0 heterocycles. The number of anilines is 1. The van der Waals surface area contributed by atoms with Crippen molar-refractivity contribution in [2.24, 2.45) is 0 Å². The average Bonchev–Trinajstić information content (AvgIpc) is 2.37. The molecule has 0 atom stereocenters. The second kappa shape index (κ2) is 7.42. The molecule has 118 valence electrons. The lowest BCUT2D eigenvalue weighted by atomic mass is 10.2. The predicted octanol–water partition coefficient (Wildman–Crippen LogP) is 1.54. The van der Waals surface area contributed by atoms with Gasteiger partial charge in [0.2, 0.25) is 10.0 Å². The molecule has 6 nitrogen and oxygen atoms in total. The molecule has 0 spiro atoms. The van der Waals surface area contributed by atoms with Crippen LogP contribution in [0, 0.1) is 6.92 Å². The zero-order valence-electron chi connectivity index (χ0n) is 12.6. The summed E-state index contributed by atoms with van der Waals surface area (Å²) in [5.74, 6) is -0.560. The normalized spacial score (nSPS) is 11.6. The van der Waals surface area contributed by atoms with Crippen molar-refractivity contribution in [2.45, 2.75) is 32.1 Å². The first-order valence-corrected chi connectivity index (χ1v) is 8.28. The minimum absolute atomic E-state index is 0.0951. The van der Waals surface area contributed by atoms with Gasteiger partial charge < -0.3 is 10.5 Å². The van der Waals surface area contributed by atoms with Gasteiger partial charge in [-0.25, -0.2) is 8.42 Å². The van der Waals surface area contributed by atoms with E-state index in [1.54, 1.807) is 26.0 Å². The van der Waals surface area contributed by atoms with Crippen LogP contribution in [-0.4, -0.2) is 38.4 Å². The molecule has 0 fully saturated rings. The van der Waals surface area contributed by atoms with Gasteiger partial charge in [-0.1, -0.05) is 6.92 Å². The van der Waals surface area contributed by atoms with E-state index in [1.165, 1.54) is 6.07 Å². The van der Waals surface area contributed by atoms with Gasteiger partial charge in [0.05, 0.1) is 11.5 Å². The highest BCUT2D eigenvalue weighted by Gasteiger charge is 2.26. The van der Waals surface area contributed by atoms with Crippen molar-refractivity contribution in [2.75, 3.05) is 25.4 Å². The van der Waals surface area contributed by atoms with E-state index in [9.17, 15) is 13.2 Å². The van der Waals surface area contributed by atoms with Gasteiger partial charge >= 0.3 is 5.97 Å². The van der Waals surface area contributed by atoms with Gasteiger partial charge in [-0.15, -0.1) is 0 Å². The second-order valence-corrected chi connectivity index (χ2v) is 6.66. The number of carbonyl (C=O) groups excluding carboxylic acids is 1. The molecule has 2 N–H and O–H groups in total. The number of ether oxygens (including phenoxy) is 1. The minimum Gasteiger partial charge on any atom is -0.465 e. The zero-order chi connectivity index (χ0) is 16.0. The van der Waals surface area contributed by atoms with Crippen LogP contribution in [0.3, 0.4) is 0 Å². The second-order valence-electron chi connectivity index (χ2n) is 4.72. The molecule has 0 radical (unpaired) electrons. The molecule has 21 heavy (non-hydrogen) atoms. The number of rotatable bonds is 7. The van der Waals surface area contributed by atoms with Crippen molar-refractivity contribution in [3.05, 3.63) is 23.8 Å². The molecule has 0 amide bonds. The van der Waals surface area contributed by atoms with Crippen LogP contribution in [0.4, 0.5) is 5.69 Å². The number of benzene rings is 1. The zero-order valence-corrected chi connectivity index (χ0v) is 13.4. The van der Waals surface area contributed by atoms with Gasteiger partial charge in [-0.2, -0.15) is 4.31 Å². The number of nitrogens with zero attached hydrogens (tertiary/aromatic N) is 1. The van der Waals surface area contributed by atoms with Crippen LogP contribution in [0.5, 0.6) is 0 Å². The Morgan fingerprint density at radius 1 is 1.29 bits per heavy atom. The summed E-state index contributed by atoms with van der Waals surface area (Å²) in [6.45, 7) is 5.46. The van der Waals surface area contributed by atoms with Crippen LogP contribution in [-0.2, 0) is 19.6 Å². The van der Waals surface area contributed by atoms with Gasteiger partial charge in [-0.05, 0) is 44.0 Å². The maximum absolute atomic E-state index is 12.6. The highest BCUT2D eigenvalue weighted by Crippen LogP contribution is 2.20. The Kier molecular flexibility index (Phi) is 6.17. The molecule has 0 unspecified atom stereocenters. The molecule has 1 aromatic rings. The number of nitrogen functional groups attached to an aromatic ring is 1. The summed E-state index contributed by atoms with van der Waals surface area (Å²) in [6, 6.07) is 4.63. The van der Waals surface area contributed by atoms with E-state index in [2.05, 4.69) is 0 Å². The molecular weight excluding hydrogens is 292 g/mol. The molecule has 0 saturated carbocycles. The highest BCUT2D eigenvalue weighted by molar-refractivity contribution is 7.89. The Bertz CT molecular complexity index is 579. The fourth-order valence-electron chi connectivity index (χ4n) is 1.96. The van der Waals surface area contributed by atoms with Gasteiger partial charge in [0.15, 0.2) is 0 Å². The number of carbonyl (C=O) groups is 1. The van der Waals surface area contributed by atoms with E-state index in [-0.39, 0.29) is 24.6 Å². The van der Waals surface area contributed by atoms with Crippen molar-refractivity contribution in [3.63, 3.8) is 0 Å². The number of hydrogen-bond acceptors (Lipinski definition) is 5. The molecule has 0 aromatic heterocycles. The van der Waals surface area contributed by atoms with E-state index in [0.29, 0.717) is 12.1 Å². The van der Waals surface area contributed by atoms with Crippen molar-refractivity contribution in [1.82, 2.24) is 4.31 Å². The molecule has 1 aromatic carbocycles. The van der Waals surface area contributed by atoms with Crippen LogP contribution in [0.25, 0.3) is 0 Å². The molecular formula is C14H22N2O4S. The first-order valence-electron chi connectivity index (χ1n) is 6.84. The Morgan fingerprint density at radius 3 is 2.48 bits per heavy atom. The highest BCUT2D eigenvalue weighted by atomic mass is 32.2. The summed E-state index contributed by atoms with van der Waals surface area (Å²) in [5, 5.41) is 0. The monoisotopic (exact) mass is 314 g/mol. The summed E-state index contributed by atoms with van der Waals surface area (Å²) in [7, 11) is -3.77. The maximum atomic E-state index is 12.6. The third kappa shape index (κ3) is 4.71. The number of hydrogen-bond donors (Lipinski definition) is 1. The quantitative estimate of drug-likeness (QED) is 0.609. The van der Waals surface area contributed by atoms with E-state index in [1.807, 2.05) is 6.92 Å². The largest absolute Gasteiger partial charge is 0.465 e. The van der Waals surface area contributed by atoms with Crippen molar-refractivity contribution in [1.29, 1.82) is 0 Å². The van der Waals surface area contributed by atoms with E-state index >= 15 is 0 Å². The molecule has 0 aliphatic rings. The fraction of sp³-hybridized carbons (Fsp3) is 0.500. The number of nitrogens with two attached hydrogens (primary N) is 1. The summed E-state index contributed by atoms with van der Waals surface area (Å²) in [5.41, 5.74) is 6.83. The predicted molar refractivity (Wildman–Crippen MR) is 81.3 cm³/mol. The number of aryl methyl sites for hydroxylation is 1. The molecule has 0 aliphatic heterocycles. The number of esters is 1. The van der Waals surface area contributed by atoms with Crippen molar-refractivity contribution >= 4 is 21.7 Å². The van der Waals surface area contributed by atoms with E-state index < -0.39 is 16.0 Å². The standard InChI is InChI=1S/C14H22N2O4S/c1-4-6-16(10-14(17)20-5-2)21(18,19)13-8-11(3)7-12(15)9-13/h7-9H,4-6,10,15H2,1-3H3. The molecule has 0 aliphatic carbocycles. The summed E-state index contributed by atoms with van der Waals surface area (Å²) >= 11 is 0. The summed E-state index contributed by atoms with van der Waals surface area (Å²) < 4.78 is 31.2. The van der Waals surface area contributed by atoms with Gasteiger partial charge in [0.25, 0.3) is 0 Å². The number of sulfonamides is 1. The first-order chi connectivity index (χ1) is 9.81. The SMILES string of the molecule is CCCN(CC(=O)OCC)S(=O)(=O)c1cc(C)cc(N)c1. The lowest BCUT2D eigenvalue weighted by Crippen LogP contribution is -2.37. The van der Waals surface area contributed by atoms with E-state index in [0.717, 1.165) is 9.87 Å². The average molecular weight is 314 g/mol. The topological polar surface area (TPSA) is 89.7 Å². The smallest absolute Gasteiger partial charge is 0.321 e. The molecule has 0 bridgehead atoms. The Balaban J connectivity index is 3.12. The molecule has 7 heteroatoms. The van der Waals surface area contributed by atoms with Crippen LogP contribution < -0.4 is 5.73 Å². The van der Waals surface area contributed by atoms with E-state index in [4.69, 9.17) is 10.5 Å². The fourth-order valence-corrected chi connectivity index (χ4v) is 3.58. The Morgan fingerprint density at radius 2 is 1.95 bits per heavy atom. The van der Waals surface area contributed by atoms with Crippen molar-refractivity contribution in [3.8, 4) is 0 Å². The van der Waals surface area contributed by atoms with Crippen molar-refractivity contribution < 1.29 is 17.9 Å². The van der Waals surface area contributed by atoms with Crippen LogP contribution in [0.15, 0.2) is 23.1 Å². The Labute approximate surface area is 125 Å². The molecule has 0 saturated heterocycles. The van der Waals surface area contributed by atoms with Gasteiger partial charge in [0, 0.05) is 12.2 Å². The third-order valence-corrected chi connectivity index (χ3v) is 4.62. The van der Waals surface area contributed by atoms with Crippen LogP contribution >= 0.6 is 0 Å². The van der Waals surface area contributed by atoms with Crippen LogP contribution in [0.2, 0.25) is 0 Å². The third-order valence-electron chi connectivity index (χ3n) is 2.79.